The number of hydrogen-bond acceptors (Lipinski definition) is 5. The molecule has 0 radical (unpaired) electrons. The lowest BCUT2D eigenvalue weighted by Gasteiger charge is -2.30. The maximum atomic E-state index is 14.1. The molecule has 40 heavy (non-hydrogen) atoms. The van der Waals surface area contributed by atoms with E-state index in [0.717, 1.165) is 17.8 Å². The molecule has 1 amide bonds. The number of aryl methyl sites for hydroxylation is 2. The van der Waals surface area contributed by atoms with Crippen molar-refractivity contribution in [3.63, 3.8) is 0 Å². The topological polar surface area (TPSA) is 103 Å². The molecule has 6 rings (SSSR count). The SMILES string of the molecule is O=C(NC1CCC(n2c(=O)c3cc(F)cnc3n(CCc3ccccc3)c2=O)CC1)c1cn2cc(F)ccc2n1. The molecule has 0 unspecified atom stereocenters. The molecule has 0 spiro atoms. The third-order valence-electron chi connectivity index (χ3n) is 7.49. The molecule has 11 heteroatoms. The van der Waals surface area contributed by atoms with Crippen LogP contribution in [0.15, 0.2) is 76.7 Å². The van der Waals surface area contributed by atoms with Crippen LogP contribution in [0.5, 0.6) is 0 Å². The van der Waals surface area contributed by atoms with Crippen LogP contribution in [-0.4, -0.2) is 35.5 Å². The van der Waals surface area contributed by atoms with Gasteiger partial charge in [0.05, 0.1) is 11.6 Å². The number of fused-ring (bicyclic) bond motifs is 2. The van der Waals surface area contributed by atoms with E-state index in [1.54, 1.807) is 0 Å². The Kier molecular flexibility index (Phi) is 6.71. The standard InChI is InChI=1S/C29H26F2N6O3/c30-19-6-11-25-34-24(17-35(25)16-19)27(38)33-21-7-9-22(10-8-21)37-28(39)23-14-20(31)15-32-26(23)36(29(37)40)13-12-18-4-2-1-3-5-18/h1-6,11,14-17,21-22H,7-10,12-13H2,(H,33,38). The summed E-state index contributed by atoms with van der Waals surface area (Å²) in [6, 6.07) is 13.0. The summed E-state index contributed by atoms with van der Waals surface area (Å²) in [7, 11) is 0. The number of halogens is 2. The Morgan fingerprint density at radius 1 is 0.975 bits per heavy atom. The van der Waals surface area contributed by atoms with Gasteiger partial charge in [-0.3, -0.25) is 18.7 Å². The second-order valence-electron chi connectivity index (χ2n) is 10.1. The smallest absolute Gasteiger partial charge is 0.332 e. The second-order valence-corrected chi connectivity index (χ2v) is 10.1. The lowest BCUT2D eigenvalue weighted by atomic mass is 9.90. The van der Waals surface area contributed by atoms with Crippen molar-refractivity contribution >= 4 is 22.6 Å². The number of carbonyl (C=O) groups is 1. The predicted molar refractivity (Wildman–Crippen MR) is 144 cm³/mol. The van der Waals surface area contributed by atoms with E-state index in [-0.39, 0.29) is 35.2 Å². The highest BCUT2D eigenvalue weighted by atomic mass is 19.1. The maximum absolute atomic E-state index is 14.1. The average Bonchev–Trinajstić information content (AvgIpc) is 3.38. The van der Waals surface area contributed by atoms with E-state index in [0.29, 0.717) is 37.8 Å². The Bertz CT molecular complexity index is 1840. The van der Waals surface area contributed by atoms with Crippen LogP contribution in [0.2, 0.25) is 0 Å². The molecule has 1 aromatic carbocycles. The van der Waals surface area contributed by atoms with Crippen LogP contribution in [0.3, 0.4) is 0 Å². The summed E-state index contributed by atoms with van der Waals surface area (Å²) in [5.74, 6) is -1.46. The van der Waals surface area contributed by atoms with Crippen molar-refractivity contribution in [2.45, 2.75) is 50.7 Å². The number of imidazole rings is 1. The van der Waals surface area contributed by atoms with Crippen LogP contribution in [0, 0.1) is 11.6 Å². The molecule has 1 fully saturated rings. The number of aromatic nitrogens is 5. The summed E-state index contributed by atoms with van der Waals surface area (Å²) in [4.78, 5) is 48.2. The number of hydrogen-bond donors (Lipinski definition) is 1. The Morgan fingerprint density at radius 2 is 1.75 bits per heavy atom. The van der Waals surface area contributed by atoms with Gasteiger partial charge in [0.25, 0.3) is 11.5 Å². The number of nitrogens with one attached hydrogen (secondary N) is 1. The molecule has 0 saturated heterocycles. The Balaban J connectivity index is 1.22. The van der Waals surface area contributed by atoms with Crippen LogP contribution in [0.25, 0.3) is 16.7 Å². The zero-order valence-corrected chi connectivity index (χ0v) is 21.5. The van der Waals surface area contributed by atoms with Gasteiger partial charge in [0.2, 0.25) is 0 Å². The molecule has 1 aliphatic carbocycles. The van der Waals surface area contributed by atoms with E-state index >= 15 is 0 Å². The normalized spacial score (nSPS) is 17.4. The fourth-order valence-electron chi connectivity index (χ4n) is 5.46. The van der Waals surface area contributed by atoms with E-state index in [1.165, 1.54) is 38.1 Å². The number of rotatable bonds is 6. The van der Waals surface area contributed by atoms with Gasteiger partial charge in [0.1, 0.15) is 28.6 Å². The number of carbonyl (C=O) groups excluding carboxylic acids is 1. The molecule has 0 atom stereocenters. The van der Waals surface area contributed by atoms with Crippen LogP contribution >= 0.6 is 0 Å². The average molecular weight is 545 g/mol. The first-order valence-electron chi connectivity index (χ1n) is 13.2. The van der Waals surface area contributed by atoms with Gasteiger partial charge < -0.3 is 9.72 Å². The van der Waals surface area contributed by atoms with E-state index in [4.69, 9.17) is 0 Å². The number of benzene rings is 1. The third-order valence-corrected chi connectivity index (χ3v) is 7.49. The maximum Gasteiger partial charge on any atom is 0.332 e. The highest BCUT2D eigenvalue weighted by molar-refractivity contribution is 5.93. The summed E-state index contributed by atoms with van der Waals surface area (Å²) < 4.78 is 31.7. The molecule has 0 aliphatic heterocycles. The minimum Gasteiger partial charge on any atom is -0.348 e. The van der Waals surface area contributed by atoms with Crippen LogP contribution in [-0.2, 0) is 13.0 Å². The Hall–Kier alpha value is -4.67. The zero-order valence-electron chi connectivity index (χ0n) is 21.5. The molecule has 5 aromatic rings. The molecule has 0 bridgehead atoms. The summed E-state index contributed by atoms with van der Waals surface area (Å²) in [5.41, 5.74) is 0.783. The fraction of sp³-hybridized carbons (Fsp3) is 0.276. The van der Waals surface area contributed by atoms with Gasteiger partial charge in [-0.1, -0.05) is 30.3 Å². The van der Waals surface area contributed by atoms with E-state index in [2.05, 4.69) is 15.3 Å². The lowest BCUT2D eigenvalue weighted by molar-refractivity contribution is 0.0917. The highest BCUT2D eigenvalue weighted by Gasteiger charge is 2.28. The number of nitrogens with zero attached hydrogens (tertiary/aromatic N) is 5. The van der Waals surface area contributed by atoms with Gasteiger partial charge in [-0.15, -0.1) is 0 Å². The Labute approximate surface area is 226 Å². The highest BCUT2D eigenvalue weighted by Crippen LogP contribution is 2.27. The van der Waals surface area contributed by atoms with E-state index in [1.807, 2.05) is 30.3 Å². The third kappa shape index (κ3) is 4.90. The van der Waals surface area contributed by atoms with Gasteiger partial charge in [-0.05, 0) is 55.9 Å². The van der Waals surface area contributed by atoms with Gasteiger partial charge in [0, 0.05) is 31.0 Å². The minimum atomic E-state index is -0.648. The minimum absolute atomic E-state index is 0.0615. The van der Waals surface area contributed by atoms with Crippen LogP contribution in [0.4, 0.5) is 8.78 Å². The molecule has 4 aromatic heterocycles. The van der Waals surface area contributed by atoms with Crippen molar-refractivity contribution in [1.29, 1.82) is 0 Å². The molecule has 9 nitrogen and oxygen atoms in total. The second kappa shape index (κ2) is 10.5. The van der Waals surface area contributed by atoms with E-state index < -0.39 is 28.9 Å². The van der Waals surface area contributed by atoms with E-state index in [9.17, 15) is 23.2 Å². The molecule has 1 aliphatic rings. The quantitative estimate of drug-likeness (QED) is 0.352. The van der Waals surface area contributed by atoms with Crippen molar-refractivity contribution in [3.8, 4) is 0 Å². The first kappa shape index (κ1) is 25.6. The van der Waals surface area contributed by atoms with Crippen molar-refractivity contribution in [2.75, 3.05) is 0 Å². The Morgan fingerprint density at radius 3 is 2.52 bits per heavy atom. The first-order chi connectivity index (χ1) is 19.4. The van der Waals surface area contributed by atoms with Crippen molar-refractivity contribution < 1.29 is 13.6 Å². The lowest BCUT2D eigenvalue weighted by Crippen LogP contribution is -2.45. The summed E-state index contributed by atoms with van der Waals surface area (Å²) in [6.07, 6.45) is 6.30. The van der Waals surface area contributed by atoms with Gasteiger partial charge in [-0.2, -0.15) is 0 Å². The van der Waals surface area contributed by atoms with Crippen LogP contribution < -0.4 is 16.6 Å². The van der Waals surface area contributed by atoms with Crippen molar-refractivity contribution in [2.24, 2.45) is 0 Å². The predicted octanol–water partition coefficient (Wildman–Crippen LogP) is 3.64. The number of amides is 1. The van der Waals surface area contributed by atoms with Gasteiger partial charge >= 0.3 is 5.69 Å². The number of pyridine rings is 2. The van der Waals surface area contributed by atoms with Gasteiger partial charge in [-0.25, -0.2) is 23.5 Å². The molecular formula is C29H26F2N6O3. The summed E-state index contributed by atoms with van der Waals surface area (Å²) >= 11 is 0. The molecular weight excluding hydrogens is 518 g/mol. The summed E-state index contributed by atoms with van der Waals surface area (Å²) in [5, 5.41) is 3.02. The van der Waals surface area contributed by atoms with Crippen molar-refractivity contribution in [3.05, 3.63) is 111 Å². The molecule has 1 N–H and O–H groups in total. The molecule has 1 saturated carbocycles. The largest absolute Gasteiger partial charge is 0.348 e. The van der Waals surface area contributed by atoms with Gasteiger partial charge in [0.15, 0.2) is 0 Å². The van der Waals surface area contributed by atoms with Crippen LogP contribution in [0.1, 0.15) is 47.8 Å². The molecule has 204 valence electrons. The first-order valence-corrected chi connectivity index (χ1v) is 13.2. The van der Waals surface area contributed by atoms with Crippen molar-refractivity contribution in [1.82, 2.24) is 28.8 Å². The monoisotopic (exact) mass is 544 g/mol. The fourth-order valence-corrected chi connectivity index (χ4v) is 5.46. The summed E-state index contributed by atoms with van der Waals surface area (Å²) in [6.45, 7) is 0.284. The molecule has 4 heterocycles. The zero-order chi connectivity index (χ0) is 27.8.